The van der Waals surface area contributed by atoms with Gasteiger partial charge in [0.25, 0.3) is 5.91 Å². The Hall–Kier alpha value is -1.95. The molecule has 106 valence electrons. The summed E-state index contributed by atoms with van der Waals surface area (Å²) in [5, 5.41) is 8.96. The largest absolute Gasteiger partial charge is 0.370 e. The third-order valence-corrected chi connectivity index (χ3v) is 3.50. The van der Waals surface area contributed by atoms with Crippen molar-refractivity contribution in [2.75, 3.05) is 11.9 Å². The number of rotatable bonds is 6. The molecular weight excluding hydrogens is 272 g/mol. The minimum Gasteiger partial charge on any atom is -0.370 e. The van der Waals surface area contributed by atoms with E-state index in [2.05, 4.69) is 27.5 Å². The molecule has 20 heavy (non-hydrogen) atoms. The number of thiazole rings is 1. The maximum Gasteiger partial charge on any atom is 0.253 e. The van der Waals surface area contributed by atoms with Gasteiger partial charge in [-0.05, 0) is 25.5 Å². The Labute approximate surface area is 122 Å². The number of hydrogen-bond acceptors (Lipinski definition) is 5. The summed E-state index contributed by atoms with van der Waals surface area (Å²) in [5.41, 5.74) is 1.44. The monoisotopic (exact) mass is 290 g/mol. The van der Waals surface area contributed by atoms with Crippen LogP contribution in [0, 0.1) is 6.92 Å². The van der Waals surface area contributed by atoms with Crippen molar-refractivity contribution in [3.63, 3.8) is 0 Å². The van der Waals surface area contributed by atoms with Gasteiger partial charge in [-0.2, -0.15) is 0 Å². The van der Waals surface area contributed by atoms with Gasteiger partial charge in [0.1, 0.15) is 5.82 Å². The zero-order valence-corrected chi connectivity index (χ0v) is 12.5. The number of pyridine rings is 1. The molecule has 0 spiro atoms. The van der Waals surface area contributed by atoms with E-state index < -0.39 is 0 Å². The fourth-order valence-corrected chi connectivity index (χ4v) is 2.26. The Morgan fingerprint density at radius 1 is 1.40 bits per heavy atom. The number of carbonyl (C=O) groups is 1. The average molecular weight is 290 g/mol. The topological polar surface area (TPSA) is 66.9 Å². The van der Waals surface area contributed by atoms with Crippen molar-refractivity contribution in [2.24, 2.45) is 0 Å². The van der Waals surface area contributed by atoms with Crippen LogP contribution in [0.2, 0.25) is 0 Å². The van der Waals surface area contributed by atoms with Gasteiger partial charge < -0.3 is 10.6 Å². The molecule has 0 saturated carbocycles. The molecule has 2 aromatic heterocycles. The summed E-state index contributed by atoms with van der Waals surface area (Å²) in [6.45, 7) is 5.36. The van der Waals surface area contributed by atoms with Crippen molar-refractivity contribution < 1.29 is 4.79 Å². The number of anilines is 1. The van der Waals surface area contributed by atoms with E-state index in [-0.39, 0.29) is 5.91 Å². The first-order valence-corrected chi connectivity index (χ1v) is 7.46. The molecule has 2 aromatic rings. The van der Waals surface area contributed by atoms with Gasteiger partial charge in [0.15, 0.2) is 0 Å². The minimum atomic E-state index is -0.134. The normalized spacial score (nSPS) is 10.3. The van der Waals surface area contributed by atoms with Crippen LogP contribution in [0.3, 0.4) is 0 Å². The van der Waals surface area contributed by atoms with Crippen LogP contribution in [-0.2, 0) is 6.54 Å². The molecule has 0 aromatic carbocycles. The number of aromatic nitrogens is 2. The maximum atomic E-state index is 12.0. The fraction of sp³-hybridized carbons (Fsp3) is 0.357. The van der Waals surface area contributed by atoms with E-state index in [0.29, 0.717) is 12.1 Å². The van der Waals surface area contributed by atoms with Gasteiger partial charge in [0, 0.05) is 18.1 Å². The first-order chi connectivity index (χ1) is 9.69. The third kappa shape index (κ3) is 4.03. The smallest absolute Gasteiger partial charge is 0.253 e. The van der Waals surface area contributed by atoms with Crippen molar-refractivity contribution in [2.45, 2.75) is 26.8 Å². The molecule has 0 atom stereocenters. The molecule has 1 amide bonds. The molecule has 2 heterocycles. The number of hydrogen-bond donors (Lipinski definition) is 2. The van der Waals surface area contributed by atoms with E-state index in [0.717, 1.165) is 29.5 Å². The maximum absolute atomic E-state index is 12.0. The van der Waals surface area contributed by atoms with Crippen LogP contribution < -0.4 is 10.6 Å². The van der Waals surface area contributed by atoms with Crippen LogP contribution in [0.1, 0.15) is 34.4 Å². The van der Waals surface area contributed by atoms with Crippen molar-refractivity contribution in [3.05, 3.63) is 40.0 Å². The zero-order chi connectivity index (χ0) is 14.4. The van der Waals surface area contributed by atoms with Gasteiger partial charge in [-0.15, -0.1) is 11.3 Å². The Balaban J connectivity index is 1.88. The quantitative estimate of drug-likeness (QED) is 0.858. The number of amides is 1. The number of nitrogens with zero attached hydrogens (tertiary/aromatic N) is 2. The Morgan fingerprint density at radius 2 is 2.25 bits per heavy atom. The highest BCUT2D eigenvalue weighted by molar-refractivity contribution is 7.09. The molecule has 0 saturated heterocycles. The van der Waals surface area contributed by atoms with Gasteiger partial charge in [0.2, 0.25) is 0 Å². The zero-order valence-electron chi connectivity index (χ0n) is 11.6. The van der Waals surface area contributed by atoms with Gasteiger partial charge >= 0.3 is 0 Å². The van der Waals surface area contributed by atoms with E-state index in [4.69, 9.17) is 0 Å². The fourth-order valence-electron chi connectivity index (χ4n) is 1.65. The summed E-state index contributed by atoms with van der Waals surface area (Å²) in [6.07, 6.45) is 2.62. The average Bonchev–Trinajstić information content (AvgIpc) is 2.89. The Bertz CT molecular complexity index is 565. The van der Waals surface area contributed by atoms with Gasteiger partial charge in [-0.1, -0.05) is 6.92 Å². The first kappa shape index (κ1) is 14.5. The lowest BCUT2D eigenvalue weighted by molar-refractivity contribution is 0.0950. The van der Waals surface area contributed by atoms with Crippen LogP contribution >= 0.6 is 11.3 Å². The second-order valence-corrected chi connectivity index (χ2v) is 5.46. The van der Waals surface area contributed by atoms with Crippen LogP contribution in [0.4, 0.5) is 5.82 Å². The standard InChI is InChI=1S/C14H18N4OS/c1-3-6-15-13-5-4-11(7-16-13)14(19)17-8-12-9-20-10(2)18-12/h4-5,7,9H,3,6,8H2,1-2H3,(H,15,16)(H,17,19). The molecule has 5 nitrogen and oxygen atoms in total. The third-order valence-electron chi connectivity index (χ3n) is 2.68. The summed E-state index contributed by atoms with van der Waals surface area (Å²) in [6, 6.07) is 3.59. The van der Waals surface area contributed by atoms with Crippen LogP contribution in [-0.4, -0.2) is 22.4 Å². The van der Waals surface area contributed by atoms with Gasteiger partial charge in [-0.3, -0.25) is 4.79 Å². The van der Waals surface area contributed by atoms with E-state index in [1.807, 2.05) is 18.4 Å². The Morgan fingerprint density at radius 3 is 2.85 bits per heavy atom. The molecular formula is C14H18N4OS. The van der Waals surface area contributed by atoms with Crippen LogP contribution in [0.25, 0.3) is 0 Å². The van der Waals surface area contributed by atoms with Gasteiger partial charge in [-0.25, -0.2) is 9.97 Å². The second kappa shape index (κ2) is 7.00. The first-order valence-electron chi connectivity index (χ1n) is 6.58. The molecule has 0 aliphatic rings. The highest BCUT2D eigenvalue weighted by atomic mass is 32.1. The summed E-state index contributed by atoms with van der Waals surface area (Å²) < 4.78 is 0. The molecule has 0 radical (unpaired) electrons. The van der Waals surface area contributed by atoms with Crippen molar-refractivity contribution >= 4 is 23.1 Å². The van der Waals surface area contributed by atoms with Crippen LogP contribution in [0.15, 0.2) is 23.7 Å². The molecule has 2 N–H and O–H groups in total. The minimum absolute atomic E-state index is 0.134. The Kier molecular flexibility index (Phi) is 5.06. The summed E-state index contributed by atoms with van der Waals surface area (Å²) in [4.78, 5) is 20.5. The lowest BCUT2D eigenvalue weighted by Crippen LogP contribution is -2.23. The molecule has 0 aliphatic heterocycles. The van der Waals surface area contributed by atoms with E-state index in [9.17, 15) is 4.79 Å². The predicted molar refractivity (Wildman–Crippen MR) is 81.0 cm³/mol. The molecule has 2 rings (SSSR count). The summed E-state index contributed by atoms with van der Waals surface area (Å²) in [7, 11) is 0. The molecule has 6 heteroatoms. The summed E-state index contributed by atoms with van der Waals surface area (Å²) in [5.74, 6) is 0.656. The lowest BCUT2D eigenvalue weighted by Gasteiger charge is -2.06. The number of nitrogens with one attached hydrogen (secondary N) is 2. The van der Waals surface area contributed by atoms with E-state index in [1.54, 1.807) is 23.6 Å². The van der Waals surface area contributed by atoms with E-state index >= 15 is 0 Å². The predicted octanol–water partition coefficient (Wildman–Crippen LogP) is 2.60. The highest BCUT2D eigenvalue weighted by Gasteiger charge is 2.07. The van der Waals surface area contributed by atoms with Gasteiger partial charge in [0.05, 0.1) is 22.8 Å². The SMILES string of the molecule is CCCNc1ccc(C(=O)NCc2csc(C)n2)cn1. The molecule has 0 aliphatic carbocycles. The number of carbonyl (C=O) groups excluding carboxylic acids is 1. The van der Waals surface area contributed by atoms with Crippen LogP contribution in [0.5, 0.6) is 0 Å². The molecule has 0 bridgehead atoms. The van der Waals surface area contributed by atoms with E-state index in [1.165, 1.54) is 0 Å². The summed E-state index contributed by atoms with van der Waals surface area (Å²) >= 11 is 1.58. The van der Waals surface area contributed by atoms with Crippen molar-refractivity contribution in [1.82, 2.24) is 15.3 Å². The van der Waals surface area contributed by atoms with Crippen molar-refractivity contribution in [3.8, 4) is 0 Å². The molecule has 0 fully saturated rings. The van der Waals surface area contributed by atoms with Crippen molar-refractivity contribution in [1.29, 1.82) is 0 Å². The lowest BCUT2D eigenvalue weighted by atomic mass is 10.2. The number of aryl methyl sites for hydroxylation is 1. The highest BCUT2D eigenvalue weighted by Crippen LogP contribution is 2.08. The molecule has 0 unspecified atom stereocenters. The second-order valence-electron chi connectivity index (χ2n) is 4.40.